The molecule has 0 bridgehead atoms. The molecular weight excluding hydrogens is 272 g/mol. The van der Waals surface area contributed by atoms with E-state index >= 15 is 0 Å². The van der Waals surface area contributed by atoms with Gasteiger partial charge >= 0.3 is 0 Å². The largest absolute Gasteiger partial charge is 0.299 e. The fourth-order valence-corrected chi connectivity index (χ4v) is 2.99. The van der Waals surface area contributed by atoms with Crippen molar-refractivity contribution in [2.75, 3.05) is 13.1 Å². The van der Waals surface area contributed by atoms with Crippen molar-refractivity contribution < 1.29 is 8.78 Å². The predicted molar refractivity (Wildman–Crippen MR) is 76.8 cm³/mol. The minimum Gasteiger partial charge on any atom is -0.299 e. The van der Waals surface area contributed by atoms with Crippen LogP contribution in [0.2, 0.25) is 0 Å². The molecule has 0 N–H and O–H groups in total. The van der Waals surface area contributed by atoms with Crippen LogP contribution in [0.1, 0.15) is 29.9 Å². The third-order valence-electron chi connectivity index (χ3n) is 4.21. The zero-order chi connectivity index (χ0) is 14.8. The van der Waals surface area contributed by atoms with E-state index in [1.807, 2.05) is 17.9 Å². The second-order valence-electron chi connectivity index (χ2n) is 5.71. The number of aryl methyl sites for hydroxylation is 1. The van der Waals surface area contributed by atoms with Gasteiger partial charge in [-0.2, -0.15) is 5.10 Å². The van der Waals surface area contributed by atoms with Crippen molar-refractivity contribution in [1.82, 2.24) is 14.7 Å². The van der Waals surface area contributed by atoms with Crippen molar-refractivity contribution >= 4 is 0 Å². The average Bonchev–Trinajstić information content (AvgIpc) is 2.91. The zero-order valence-electron chi connectivity index (χ0n) is 12.1. The molecule has 0 unspecified atom stereocenters. The lowest BCUT2D eigenvalue weighted by molar-refractivity contribution is 0.202. The van der Waals surface area contributed by atoms with Crippen molar-refractivity contribution in [3.8, 4) is 0 Å². The van der Waals surface area contributed by atoms with Gasteiger partial charge in [0.15, 0.2) is 11.6 Å². The van der Waals surface area contributed by atoms with E-state index in [9.17, 15) is 8.78 Å². The molecule has 1 fully saturated rings. The molecule has 2 aromatic rings. The third kappa shape index (κ3) is 3.13. The first-order valence-corrected chi connectivity index (χ1v) is 7.27. The van der Waals surface area contributed by atoms with Crippen LogP contribution in [0.15, 0.2) is 30.6 Å². The average molecular weight is 291 g/mol. The molecule has 2 heterocycles. The summed E-state index contributed by atoms with van der Waals surface area (Å²) in [4.78, 5) is 2.19. The maximum atomic E-state index is 13.7. The Morgan fingerprint density at radius 2 is 2.00 bits per heavy atom. The van der Waals surface area contributed by atoms with Crippen LogP contribution in [0.5, 0.6) is 0 Å². The molecule has 112 valence electrons. The Hall–Kier alpha value is -1.75. The lowest BCUT2D eigenvalue weighted by atomic mass is 9.91. The Morgan fingerprint density at radius 1 is 1.24 bits per heavy atom. The van der Waals surface area contributed by atoms with Crippen molar-refractivity contribution in [2.24, 2.45) is 7.05 Å². The molecule has 1 aromatic carbocycles. The monoisotopic (exact) mass is 291 g/mol. The topological polar surface area (TPSA) is 21.1 Å². The summed E-state index contributed by atoms with van der Waals surface area (Å²) in [5, 5.41) is 4.21. The molecule has 1 aromatic heterocycles. The number of likely N-dealkylation sites (tertiary alicyclic amines) is 1. The molecule has 0 amide bonds. The van der Waals surface area contributed by atoms with E-state index in [2.05, 4.69) is 16.2 Å². The predicted octanol–water partition coefficient (Wildman–Crippen LogP) is 3.08. The number of aromatic nitrogens is 2. The maximum absolute atomic E-state index is 13.7. The van der Waals surface area contributed by atoms with Gasteiger partial charge in [-0.25, -0.2) is 8.78 Å². The number of benzene rings is 1. The van der Waals surface area contributed by atoms with E-state index < -0.39 is 11.6 Å². The van der Waals surface area contributed by atoms with E-state index in [1.165, 1.54) is 5.56 Å². The van der Waals surface area contributed by atoms with Crippen molar-refractivity contribution in [1.29, 1.82) is 0 Å². The molecule has 0 radical (unpaired) electrons. The minimum absolute atomic E-state index is 0.440. The molecule has 3 rings (SSSR count). The summed E-state index contributed by atoms with van der Waals surface area (Å²) in [7, 11) is 1.92. The Kier molecular flexibility index (Phi) is 4.01. The van der Waals surface area contributed by atoms with Gasteiger partial charge in [0.25, 0.3) is 0 Å². The second kappa shape index (κ2) is 5.93. The van der Waals surface area contributed by atoms with E-state index in [0.717, 1.165) is 32.0 Å². The third-order valence-corrected chi connectivity index (χ3v) is 4.21. The Bertz CT molecular complexity index is 616. The summed E-state index contributed by atoms with van der Waals surface area (Å²) in [5.41, 5.74) is 1.71. The van der Waals surface area contributed by atoms with E-state index in [1.54, 1.807) is 12.1 Å². The summed E-state index contributed by atoms with van der Waals surface area (Å²) < 4.78 is 28.7. The number of piperidine rings is 1. The summed E-state index contributed by atoms with van der Waals surface area (Å²) >= 11 is 0. The SMILES string of the molecule is Cn1cc(C2CCN(Cc3cccc(F)c3F)CC2)cn1. The van der Waals surface area contributed by atoms with Gasteiger partial charge in [-0.05, 0) is 43.5 Å². The Balaban J connectivity index is 1.60. The van der Waals surface area contributed by atoms with Crippen LogP contribution in [0.4, 0.5) is 8.78 Å². The van der Waals surface area contributed by atoms with E-state index in [0.29, 0.717) is 18.0 Å². The summed E-state index contributed by atoms with van der Waals surface area (Å²) in [6.07, 6.45) is 6.05. The molecule has 0 saturated carbocycles. The van der Waals surface area contributed by atoms with Gasteiger partial charge in [0.2, 0.25) is 0 Å². The van der Waals surface area contributed by atoms with Gasteiger partial charge in [-0.15, -0.1) is 0 Å². The van der Waals surface area contributed by atoms with Crippen molar-refractivity contribution in [3.63, 3.8) is 0 Å². The molecule has 1 aliphatic rings. The Morgan fingerprint density at radius 3 is 2.67 bits per heavy atom. The highest BCUT2D eigenvalue weighted by Gasteiger charge is 2.22. The van der Waals surface area contributed by atoms with Gasteiger partial charge in [-0.3, -0.25) is 9.58 Å². The molecule has 0 aliphatic carbocycles. The Labute approximate surface area is 123 Å². The first-order chi connectivity index (χ1) is 10.1. The fourth-order valence-electron chi connectivity index (χ4n) is 2.99. The molecule has 0 atom stereocenters. The van der Waals surface area contributed by atoms with Crippen LogP contribution in [0.25, 0.3) is 0 Å². The zero-order valence-corrected chi connectivity index (χ0v) is 12.1. The quantitative estimate of drug-likeness (QED) is 0.866. The van der Waals surface area contributed by atoms with Crippen molar-refractivity contribution in [2.45, 2.75) is 25.3 Å². The summed E-state index contributed by atoms with van der Waals surface area (Å²) in [6.45, 7) is 2.27. The van der Waals surface area contributed by atoms with Gasteiger partial charge < -0.3 is 0 Å². The standard InChI is InChI=1S/C16H19F2N3/c1-20-10-14(9-19-20)12-5-7-21(8-6-12)11-13-3-2-4-15(17)16(13)18/h2-4,9-10,12H,5-8,11H2,1H3. The van der Waals surface area contributed by atoms with Gasteiger partial charge in [-0.1, -0.05) is 12.1 Å². The van der Waals surface area contributed by atoms with Crippen LogP contribution in [0.3, 0.4) is 0 Å². The molecule has 21 heavy (non-hydrogen) atoms. The fraction of sp³-hybridized carbons (Fsp3) is 0.438. The highest BCUT2D eigenvalue weighted by molar-refractivity contribution is 5.19. The molecule has 3 nitrogen and oxygen atoms in total. The molecule has 0 spiro atoms. The minimum atomic E-state index is -0.766. The van der Waals surface area contributed by atoms with Crippen molar-refractivity contribution in [3.05, 3.63) is 53.4 Å². The number of halogens is 2. The van der Waals surface area contributed by atoms with Gasteiger partial charge in [0.1, 0.15) is 0 Å². The van der Waals surface area contributed by atoms with E-state index in [4.69, 9.17) is 0 Å². The van der Waals surface area contributed by atoms with Crippen LogP contribution >= 0.6 is 0 Å². The molecule has 1 aliphatic heterocycles. The molecule has 1 saturated heterocycles. The molecule has 5 heteroatoms. The molecular formula is C16H19F2N3. The van der Waals surface area contributed by atoms with Crippen LogP contribution < -0.4 is 0 Å². The van der Waals surface area contributed by atoms with Crippen LogP contribution in [0, 0.1) is 11.6 Å². The van der Waals surface area contributed by atoms with E-state index in [-0.39, 0.29) is 0 Å². The first-order valence-electron chi connectivity index (χ1n) is 7.27. The summed E-state index contributed by atoms with van der Waals surface area (Å²) in [5.74, 6) is -0.961. The van der Waals surface area contributed by atoms with Crippen LogP contribution in [-0.4, -0.2) is 27.8 Å². The number of hydrogen-bond acceptors (Lipinski definition) is 2. The highest BCUT2D eigenvalue weighted by atomic mass is 19.2. The smallest absolute Gasteiger partial charge is 0.163 e. The number of hydrogen-bond donors (Lipinski definition) is 0. The maximum Gasteiger partial charge on any atom is 0.163 e. The van der Waals surface area contributed by atoms with Crippen LogP contribution in [-0.2, 0) is 13.6 Å². The highest BCUT2D eigenvalue weighted by Crippen LogP contribution is 2.28. The summed E-state index contributed by atoms with van der Waals surface area (Å²) in [6, 6.07) is 4.38. The van der Waals surface area contributed by atoms with Gasteiger partial charge in [0.05, 0.1) is 6.20 Å². The lowest BCUT2D eigenvalue weighted by Crippen LogP contribution is -2.32. The number of nitrogens with zero attached hydrogens (tertiary/aromatic N) is 3. The lowest BCUT2D eigenvalue weighted by Gasteiger charge is -2.31. The van der Waals surface area contributed by atoms with Gasteiger partial charge in [0, 0.05) is 25.4 Å². The normalized spacial score (nSPS) is 17.3. The number of rotatable bonds is 3. The second-order valence-corrected chi connectivity index (χ2v) is 5.71. The first kappa shape index (κ1) is 14.2.